The van der Waals surface area contributed by atoms with Crippen LogP contribution < -0.4 is 5.32 Å². The zero-order valence-corrected chi connectivity index (χ0v) is 15.6. The first-order valence-corrected chi connectivity index (χ1v) is 9.21. The summed E-state index contributed by atoms with van der Waals surface area (Å²) in [6.45, 7) is 2.28. The van der Waals surface area contributed by atoms with Crippen LogP contribution in [0, 0.1) is 30.3 Å². The normalized spacial score (nSPS) is 18.7. The first-order valence-electron chi connectivity index (χ1n) is 9.21. The van der Waals surface area contributed by atoms with Crippen LogP contribution in [0.4, 0.5) is 24.5 Å². The Morgan fingerprint density at radius 2 is 1.90 bits per heavy atom. The number of anilines is 1. The quantitative estimate of drug-likeness (QED) is 0.854. The molecule has 5 nitrogen and oxygen atoms in total. The molecule has 4 rings (SSSR count). The molecule has 1 fully saturated rings. The molecule has 1 amide bonds. The van der Waals surface area contributed by atoms with E-state index in [4.69, 9.17) is 0 Å². The maximum absolute atomic E-state index is 14.1. The van der Waals surface area contributed by atoms with Gasteiger partial charge in [-0.15, -0.1) is 0 Å². The molecule has 0 radical (unpaired) electrons. The average molecular weight is 401 g/mol. The monoisotopic (exact) mass is 401 g/mol. The summed E-state index contributed by atoms with van der Waals surface area (Å²) in [5, 5.41) is 2.70. The highest BCUT2D eigenvalue weighted by Gasteiger charge is 2.38. The Morgan fingerprint density at radius 3 is 2.66 bits per heavy atom. The van der Waals surface area contributed by atoms with Crippen LogP contribution in [0.3, 0.4) is 0 Å². The topological polar surface area (TPSA) is 61.8 Å². The summed E-state index contributed by atoms with van der Waals surface area (Å²) in [6.07, 6.45) is 0.384. The third-order valence-corrected chi connectivity index (χ3v) is 5.23. The molecule has 2 aliphatic rings. The van der Waals surface area contributed by atoms with Gasteiger partial charge in [-0.3, -0.25) is 19.5 Å². The number of rotatable bonds is 3. The van der Waals surface area contributed by atoms with Gasteiger partial charge in [0.15, 0.2) is 5.78 Å². The molecule has 1 N–H and O–H groups in total. The Morgan fingerprint density at radius 1 is 1.17 bits per heavy atom. The van der Waals surface area contributed by atoms with Crippen molar-refractivity contribution < 1.29 is 22.8 Å². The van der Waals surface area contributed by atoms with Crippen molar-refractivity contribution in [3.05, 3.63) is 58.9 Å². The van der Waals surface area contributed by atoms with Crippen LogP contribution in [0.25, 0.3) is 0 Å². The molecule has 2 heterocycles. The summed E-state index contributed by atoms with van der Waals surface area (Å²) in [5.41, 5.74) is 0.847. The number of amides is 1. The van der Waals surface area contributed by atoms with E-state index in [2.05, 4.69) is 10.3 Å². The fraction of sp³-hybridized carbons (Fsp3) is 0.286. The maximum atomic E-state index is 14.1. The molecule has 2 aromatic rings. The fourth-order valence-electron chi connectivity index (χ4n) is 3.74. The number of nitrogens with one attached hydrogen (secondary N) is 1. The molecule has 150 valence electrons. The molecule has 0 saturated carbocycles. The summed E-state index contributed by atoms with van der Waals surface area (Å²) in [5.74, 6) is -3.40. The van der Waals surface area contributed by atoms with Gasteiger partial charge >= 0.3 is 0 Å². The van der Waals surface area contributed by atoms with E-state index in [0.717, 1.165) is 12.1 Å². The number of hydrogen-bond acceptors (Lipinski definition) is 4. The van der Waals surface area contributed by atoms with Crippen molar-refractivity contribution in [2.24, 2.45) is 10.9 Å². The summed E-state index contributed by atoms with van der Waals surface area (Å²) in [4.78, 5) is 31.1. The standard InChI is InChI=1S/C21H18F3N3O2/c1-11-8-12(2-3-14(11)22)25-18(28)10-27-7-6-17-13(9-27)21(29)19-15(23)4-5-16(24)20(19)26-17/h2-5,8,13H,6-7,9-10H2,1H3,(H,25,28). The number of aryl methyl sites for hydroxylation is 1. The number of halogens is 3. The molecule has 2 aliphatic heterocycles. The molecule has 0 bridgehead atoms. The molecule has 0 aromatic heterocycles. The summed E-state index contributed by atoms with van der Waals surface area (Å²) in [6, 6.07) is 6.17. The molecule has 1 saturated heterocycles. The van der Waals surface area contributed by atoms with Gasteiger partial charge in [0, 0.05) is 24.5 Å². The largest absolute Gasteiger partial charge is 0.325 e. The molecule has 2 aromatic carbocycles. The number of aliphatic imine (C=N–C) groups is 1. The summed E-state index contributed by atoms with van der Waals surface area (Å²) in [7, 11) is 0. The third-order valence-electron chi connectivity index (χ3n) is 5.23. The second kappa shape index (κ2) is 7.44. The van der Waals surface area contributed by atoms with Gasteiger partial charge in [0.25, 0.3) is 0 Å². The second-order valence-corrected chi connectivity index (χ2v) is 7.27. The SMILES string of the molecule is Cc1cc(NC(=O)CN2CCC3=Nc4c(F)ccc(F)c4C(=O)C3C2)ccc1F. The predicted molar refractivity (Wildman–Crippen MR) is 102 cm³/mol. The Labute approximate surface area is 165 Å². The lowest BCUT2D eigenvalue weighted by molar-refractivity contribution is -0.117. The molecule has 1 atom stereocenters. The predicted octanol–water partition coefficient (Wildman–Crippen LogP) is 3.64. The van der Waals surface area contributed by atoms with E-state index >= 15 is 0 Å². The third kappa shape index (κ3) is 3.67. The van der Waals surface area contributed by atoms with Crippen molar-refractivity contribution in [2.45, 2.75) is 13.3 Å². The van der Waals surface area contributed by atoms with Crippen molar-refractivity contribution in [3.63, 3.8) is 0 Å². The first-order chi connectivity index (χ1) is 13.8. The number of fused-ring (bicyclic) bond motifs is 2. The van der Waals surface area contributed by atoms with E-state index in [0.29, 0.717) is 29.9 Å². The number of likely N-dealkylation sites (tertiary alicyclic amines) is 1. The highest BCUT2D eigenvalue weighted by Crippen LogP contribution is 2.35. The van der Waals surface area contributed by atoms with Crippen molar-refractivity contribution in [3.8, 4) is 0 Å². The van der Waals surface area contributed by atoms with Gasteiger partial charge in [-0.1, -0.05) is 0 Å². The van der Waals surface area contributed by atoms with E-state index in [9.17, 15) is 22.8 Å². The Kier molecular flexibility index (Phi) is 4.96. The number of hydrogen-bond donors (Lipinski definition) is 1. The summed E-state index contributed by atoms with van der Waals surface area (Å²) >= 11 is 0. The Balaban J connectivity index is 1.46. The van der Waals surface area contributed by atoms with Crippen molar-refractivity contribution in [2.75, 3.05) is 25.0 Å². The van der Waals surface area contributed by atoms with Gasteiger partial charge in [0.05, 0.1) is 18.0 Å². The number of carbonyl (C=O) groups is 2. The lowest BCUT2D eigenvalue weighted by atomic mass is 9.84. The van der Waals surface area contributed by atoms with E-state index in [1.807, 2.05) is 0 Å². The zero-order valence-electron chi connectivity index (χ0n) is 15.6. The van der Waals surface area contributed by atoms with Crippen LogP contribution in [0.5, 0.6) is 0 Å². The average Bonchev–Trinajstić information content (AvgIpc) is 2.68. The van der Waals surface area contributed by atoms with Gasteiger partial charge in [0.2, 0.25) is 5.91 Å². The van der Waals surface area contributed by atoms with Crippen molar-refractivity contribution in [1.82, 2.24) is 4.90 Å². The van der Waals surface area contributed by atoms with E-state index in [1.165, 1.54) is 18.2 Å². The lowest BCUT2D eigenvalue weighted by Crippen LogP contribution is -2.48. The number of benzene rings is 2. The van der Waals surface area contributed by atoms with Crippen LogP contribution in [0.1, 0.15) is 22.3 Å². The molecule has 0 spiro atoms. The van der Waals surface area contributed by atoms with Gasteiger partial charge in [0.1, 0.15) is 23.1 Å². The number of Topliss-reactive ketones (excluding diaryl/α,β-unsaturated/α-hetero) is 1. The number of piperidine rings is 1. The molecule has 29 heavy (non-hydrogen) atoms. The maximum Gasteiger partial charge on any atom is 0.238 e. The van der Waals surface area contributed by atoms with Gasteiger partial charge < -0.3 is 5.32 Å². The highest BCUT2D eigenvalue weighted by molar-refractivity contribution is 6.18. The van der Waals surface area contributed by atoms with Crippen LogP contribution in [0.15, 0.2) is 35.3 Å². The van der Waals surface area contributed by atoms with E-state index in [-0.39, 0.29) is 36.1 Å². The number of ketones is 1. The van der Waals surface area contributed by atoms with Crippen molar-refractivity contribution >= 4 is 28.8 Å². The molecule has 1 unspecified atom stereocenters. The van der Waals surface area contributed by atoms with Crippen LogP contribution in [-0.4, -0.2) is 41.9 Å². The fourth-order valence-corrected chi connectivity index (χ4v) is 3.74. The molecule has 0 aliphatic carbocycles. The number of nitrogens with zero attached hydrogens (tertiary/aromatic N) is 2. The van der Waals surface area contributed by atoms with Gasteiger partial charge in [-0.2, -0.15) is 0 Å². The minimum absolute atomic E-state index is 0.0198. The molecular formula is C21H18F3N3O2. The van der Waals surface area contributed by atoms with Crippen LogP contribution in [0.2, 0.25) is 0 Å². The minimum Gasteiger partial charge on any atom is -0.325 e. The van der Waals surface area contributed by atoms with E-state index in [1.54, 1.807) is 11.8 Å². The minimum atomic E-state index is -0.796. The first kappa shape index (κ1) is 19.3. The van der Waals surface area contributed by atoms with Gasteiger partial charge in [-0.25, -0.2) is 13.2 Å². The molecule has 8 heteroatoms. The Hall–Kier alpha value is -3.00. The zero-order chi connectivity index (χ0) is 20.7. The number of carbonyl (C=O) groups excluding carboxylic acids is 2. The van der Waals surface area contributed by atoms with Crippen LogP contribution >= 0.6 is 0 Å². The highest BCUT2D eigenvalue weighted by atomic mass is 19.1. The summed E-state index contributed by atoms with van der Waals surface area (Å²) < 4.78 is 41.4. The van der Waals surface area contributed by atoms with E-state index < -0.39 is 23.3 Å². The Bertz CT molecular complexity index is 1050. The van der Waals surface area contributed by atoms with Crippen molar-refractivity contribution in [1.29, 1.82) is 0 Å². The molecular weight excluding hydrogens is 383 g/mol. The van der Waals surface area contributed by atoms with Gasteiger partial charge in [-0.05, 0) is 49.2 Å². The van der Waals surface area contributed by atoms with Crippen LogP contribution in [-0.2, 0) is 4.79 Å². The lowest BCUT2D eigenvalue weighted by Gasteiger charge is -2.34. The smallest absolute Gasteiger partial charge is 0.238 e. The second-order valence-electron chi connectivity index (χ2n) is 7.27.